The average molecular weight is 182 g/mol. The van der Waals surface area contributed by atoms with Crippen molar-refractivity contribution < 1.29 is 0 Å². The van der Waals surface area contributed by atoms with Crippen LogP contribution in [0.5, 0.6) is 0 Å². The fourth-order valence-corrected chi connectivity index (χ4v) is 2.13. The summed E-state index contributed by atoms with van der Waals surface area (Å²) in [7, 11) is 4.02. The van der Waals surface area contributed by atoms with Gasteiger partial charge in [0.05, 0.1) is 0 Å². The molecule has 0 spiro atoms. The molecule has 1 aliphatic carbocycles. The molecule has 0 aromatic rings. The molecule has 76 valence electrons. The first kappa shape index (κ1) is 10.6. The molecule has 0 aromatic heterocycles. The van der Waals surface area contributed by atoms with Crippen molar-refractivity contribution in [2.45, 2.75) is 45.4 Å². The van der Waals surface area contributed by atoms with Gasteiger partial charge in [-0.3, -0.25) is 0 Å². The van der Waals surface area contributed by atoms with Gasteiger partial charge in [-0.15, -0.1) is 0 Å². The van der Waals surface area contributed by atoms with Crippen molar-refractivity contribution in [1.29, 1.82) is 0 Å². The zero-order chi connectivity index (χ0) is 9.68. The first-order chi connectivity index (χ1) is 6.24. The number of hydrogen-bond donors (Lipinski definition) is 0. The second kappa shape index (κ2) is 5.25. The minimum absolute atomic E-state index is 0.779. The first-order valence-electron chi connectivity index (χ1n) is 5.48. The van der Waals surface area contributed by atoms with E-state index in [1.807, 2.05) is 19.1 Å². The minimum Gasteiger partial charge on any atom is -0.303 e. The van der Waals surface area contributed by atoms with E-state index in [1.54, 1.807) is 0 Å². The second-order valence-corrected chi connectivity index (χ2v) is 4.13. The molecule has 0 bridgehead atoms. The van der Waals surface area contributed by atoms with Crippen LogP contribution in [0.15, 0.2) is 5.10 Å². The molecule has 1 fully saturated rings. The summed E-state index contributed by atoms with van der Waals surface area (Å²) in [6.07, 6.45) is 8.06. The van der Waals surface area contributed by atoms with Crippen LogP contribution in [-0.4, -0.2) is 24.8 Å². The molecule has 0 aromatic carbocycles. The van der Waals surface area contributed by atoms with E-state index in [0.29, 0.717) is 0 Å². The fraction of sp³-hybridized carbons (Fsp3) is 0.909. The van der Waals surface area contributed by atoms with Crippen LogP contribution in [-0.2, 0) is 0 Å². The lowest BCUT2D eigenvalue weighted by molar-refractivity contribution is 0.402. The molecule has 0 saturated heterocycles. The van der Waals surface area contributed by atoms with Gasteiger partial charge in [0.25, 0.3) is 0 Å². The molecule has 0 radical (unpaired) electrons. The predicted molar refractivity (Wildman–Crippen MR) is 58.0 cm³/mol. The molecule has 1 aliphatic rings. The van der Waals surface area contributed by atoms with Gasteiger partial charge in [-0.25, -0.2) is 0 Å². The third-order valence-electron chi connectivity index (χ3n) is 2.77. The van der Waals surface area contributed by atoms with Gasteiger partial charge >= 0.3 is 0 Å². The lowest BCUT2D eigenvalue weighted by Gasteiger charge is -2.23. The molecule has 2 nitrogen and oxygen atoms in total. The summed E-state index contributed by atoms with van der Waals surface area (Å²) >= 11 is 0. The summed E-state index contributed by atoms with van der Waals surface area (Å²) in [5.41, 5.74) is 1.41. The van der Waals surface area contributed by atoms with Crippen molar-refractivity contribution in [3.63, 3.8) is 0 Å². The van der Waals surface area contributed by atoms with E-state index in [0.717, 1.165) is 12.3 Å². The van der Waals surface area contributed by atoms with Crippen molar-refractivity contribution in [3.05, 3.63) is 0 Å². The maximum absolute atomic E-state index is 4.57. The Morgan fingerprint density at radius 1 is 1.23 bits per heavy atom. The monoisotopic (exact) mass is 182 g/mol. The van der Waals surface area contributed by atoms with Crippen LogP contribution in [0.4, 0.5) is 0 Å². The summed E-state index contributed by atoms with van der Waals surface area (Å²) in [5.74, 6) is 0.779. The van der Waals surface area contributed by atoms with Gasteiger partial charge in [0.2, 0.25) is 0 Å². The summed E-state index contributed by atoms with van der Waals surface area (Å²) < 4.78 is 0. The normalized spacial score (nSPS) is 20.4. The molecular weight excluding hydrogens is 160 g/mol. The quantitative estimate of drug-likeness (QED) is 0.484. The van der Waals surface area contributed by atoms with E-state index in [1.165, 1.54) is 37.8 Å². The van der Waals surface area contributed by atoms with Crippen LogP contribution in [0.2, 0.25) is 0 Å². The minimum atomic E-state index is 0.779. The third-order valence-corrected chi connectivity index (χ3v) is 2.77. The van der Waals surface area contributed by atoms with Crippen molar-refractivity contribution in [2.24, 2.45) is 11.0 Å². The van der Waals surface area contributed by atoms with E-state index in [9.17, 15) is 0 Å². The van der Waals surface area contributed by atoms with Crippen LogP contribution in [0, 0.1) is 5.92 Å². The maximum Gasteiger partial charge on any atom is 0.0408 e. The fourth-order valence-electron chi connectivity index (χ4n) is 2.13. The van der Waals surface area contributed by atoms with Gasteiger partial charge in [0.1, 0.15) is 0 Å². The van der Waals surface area contributed by atoms with E-state index in [2.05, 4.69) is 12.0 Å². The Kier molecular flexibility index (Phi) is 4.26. The molecule has 0 unspecified atom stereocenters. The Bertz CT molecular complexity index is 167. The number of rotatable bonds is 3. The molecule has 1 saturated carbocycles. The van der Waals surface area contributed by atoms with E-state index in [4.69, 9.17) is 0 Å². The Morgan fingerprint density at radius 3 is 2.31 bits per heavy atom. The topological polar surface area (TPSA) is 15.6 Å². The number of hydrazone groups is 1. The van der Waals surface area contributed by atoms with Gasteiger partial charge in [-0.05, 0) is 25.2 Å². The molecule has 0 atom stereocenters. The predicted octanol–water partition coefficient (Wildman–Crippen LogP) is 2.89. The van der Waals surface area contributed by atoms with Crippen LogP contribution in [0.3, 0.4) is 0 Å². The maximum atomic E-state index is 4.57. The molecule has 2 heteroatoms. The van der Waals surface area contributed by atoms with Gasteiger partial charge in [-0.1, -0.05) is 26.2 Å². The van der Waals surface area contributed by atoms with E-state index in [-0.39, 0.29) is 0 Å². The molecule has 0 heterocycles. The second-order valence-electron chi connectivity index (χ2n) is 4.13. The smallest absolute Gasteiger partial charge is 0.0408 e. The third kappa shape index (κ3) is 3.37. The molecule has 1 rings (SSSR count). The average Bonchev–Trinajstić information content (AvgIpc) is 2.15. The van der Waals surface area contributed by atoms with Gasteiger partial charge in [0.15, 0.2) is 0 Å². The number of hydrogen-bond acceptors (Lipinski definition) is 2. The molecular formula is C11H22N2. The Hall–Kier alpha value is -0.530. The highest BCUT2D eigenvalue weighted by atomic mass is 15.4. The lowest BCUT2D eigenvalue weighted by atomic mass is 9.85. The van der Waals surface area contributed by atoms with Crippen LogP contribution in [0.1, 0.15) is 45.4 Å². The summed E-state index contributed by atoms with van der Waals surface area (Å²) in [4.78, 5) is 0. The molecule has 0 aliphatic heterocycles. The largest absolute Gasteiger partial charge is 0.303 e. The summed E-state index contributed by atoms with van der Waals surface area (Å²) in [6, 6.07) is 0. The number of nitrogens with zero attached hydrogens (tertiary/aromatic N) is 2. The standard InChI is InChI=1S/C11H22N2/c1-4-11(12-13(2)3)10-8-6-5-7-9-10/h10H,4-9H2,1-3H3/b12-11+. The van der Waals surface area contributed by atoms with Crippen LogP contribution < -0.4 is 0 Å². The SMILES string of the molecule is CC/C(=N\N(C)C)C1CCCCC1. The Morgan fingerprint density at radius 2 is 1.85 bits per heavy atom. The summed E-state index contributed by atoms with van der Waals surface area (Å²) in [5, 5.41) is 6.51. The van der Waals surface area contributed by atoms with Gasteiger partial charge < -0.3 is 5.01 Å². The first-order valence-corrected chi connectivity index (χ1v) is 5.48. The molecule has 13 heavy (non-hydrogen) atoms. The highest BCUT2D eigenvalue weighted by Crippen LogP contribution is 2.26. The Labute approximate surface area is 82.0 Å². The summed E-state index contributed by atoms with van der Waals surface area (Å²) in [6.45, 7) is 2.22. The zero-order valence-corrected chi connectivity index (χ0v) is 9.21. The van der Waals surface area contributed by atoms with E-state index >= 15 is 0 Å². The van der Waals surface area contributed by atoms with Crippen LogP contribution >= 0.6 is 0 Å². The lowest BCUT2D eigenvalue weighted by Crippen LogP contribution is -2.20. The van der Waals surface area contributed by atoms with Crippen molar-refractivity contribution in [2.75, 3.05) is 14.1 Å². The van der Waals surface area contributed by atoms with Crippen molar-refractivity contribution in [3.8, 4) is 0 Å². The van der Waals surface area contributed by atoms with Crippen LogP contribution in [0.25, 0.3) is 0 Å². The van der Waals surface area contributed by atoms with Gasteiger partial charge in [0, 0.05) is 19.8 Å². The van der Waals surface area contributed by atoms with E-state index < -0.39 is 0 Å². The Balaban J connectivity index is 2.53. The van der Waals surface area contributed by atoms with Crippen molar-refractivity contribution >= 4 is 5.71 Å². The molecule has 0 amide bonds. The highest BCUT2D eigenvalue weighted by molar-refractivity contribution is 5.86. The zero-order valence-electron chi connectivity index (χ0n) is 9.21. The van der Waals surface area contributed by atoms with Gasteiger partial charge in [-0.2, -0.15) is 5.10 Å². The highest BCUT2D eigenvalue weighted by Gasteiger charge is 2.17. The molecule has 0 N–H and O–H groups in total. The van der Waals surface area contributed by atoms with Crippen molar-refractivity contribution in [1.82, 2.24) is 5.01 Å².